The van der Waals surface area contributed by atoms with Crippen molar-refractivity contribution in [1.82, 2.24) is 14.8 Å². The van der Waals surface area contributed by atoms with Gasteiger partial charge in [-0.05, 0) is 48.7 Å². The lowest BCUT2D eigenvalue weighted by Gasteiger charge is -2.15. The fraction of sp³-hybridized carbons (Fsp3) is 0.211. The second-order valence-electron chi connectivity index (χ2n) is 6.29. The van der Waals surface area contributed by atoms with Gasteiger partial charge in [-0.3, -0.25) is 4.79 Å². The summed E-state index contributed by atoms with van der Waals surface area (Å²) in [7, 11) is 0. The highest BCUT2D eigenvalue weighted by Gasteiger charge is 2.14. The summed E-state index contributed by atoms with van der Waals surface area (Å²) in [5.41, 5.74) is 1.68. The van der Waals surface area contributed by atoms with Crippen molar-refractivity contribution < 1.29 is 18.3 Å². The Kier molecular flexibility index (Phi) is 5.46. The lowest BCUT2D eigenvalue weighted by molar-refractivity contribution is 0.282. The van der Waals surface area contributed by atoms with Crippen LogP contribution in [0.25, 0.3) is 0 Å². The largest absolute Gasteiger partial charge is 0.392 e. The van der Waals surface area contributed by atoms with Crippen LogP contribution in [0.2, 0.25) is 0 Å². The van der Waals surface area contributed by atoms with E-state index in [1.54, 1.807) is 18.2 Å². The smallest absolute Gasteiger partial charge is 0.296 e. The van der Waals surface area contributed by atoms with E-state index >= 15 is 0 Å². The molecule has 28 heavy (non-hydrogen) atoms. The highest BCUT2D eigenvalue weighted by molar-refractivity contribution is 5.59. The topological polar surface area (TPSA) is 80.0 Å². The minimum atomic E-state index is -1.55. The van der Waals surface area contributed by atoms with E-state index in [0.29, 0.717) is 11.3 Å². The van der Waals surface area contributed by atoms with Crippen molar-refractivity contribution in [3.8, 4) is 0 Å². The minimum absolute atomic E-state index is 0.0407. The predicted molar refractivity (Wildman–Crippen MR) is 96.8 cm³/mol. The van der Waals surface area contributed by atoms with Gasteiger partial charge in [0.25, 0.3) is 5.56 Å². The number of aromatic nitrogens is 3. The highest BCUT2D eigenvalue weighted by Crippen LogP contribution is 2.21. The molecule has 0 spiro atoms. The number of nitrogens with one attached hydrogen (secondary N) is 1. The van der Waals surface area contributed by atoms with Gasteiger partial charge in [-0.25, -0.2) is 17.9 Å². The van der Waals surface area contributed by atoms with Crippen LogP contribution in [0.15, 0.2) is 35.1 Å². The van der Waals surface area contributed by atoms with Gasteiger partial charge in [0.15, 0.2) is 17.5 Å². The summed E-state index contributed by atoms with van der Waals surface area (Å²) in [6.45, 7) is 2.95. The number of aliphatic hydroxyl groups excluding tert-OH is 1. The maximum atomic E-state index is 13.5. The summed E-state index contributed by atoms with van der Waals surface area (Å²) in [6, 6.07) is 6.92. The molecule has 2 N–H and O–H groups in total. The number of anilines is 2. The Morgan fingerprint density at radius 3 is 2.39 bits per heavy atom. The number of hydrogen-bond acceptors (Lipinski definition) is 5. The molecule has 0 amide bonds. The molecular formula is C19H17F3N4O2. The average molecular weight is 390 g/mol. The van der Waals surface area contributed by atoms with Crippen LogP contribution < -0.4 is 10.9 Å². The van der Waals surface area contributed by atoms with Gasteiger partial charge in [-0.15, -0.1) is 0 Å². The molecule has 1 aromatic heterocycles. The van der Waals surface area contributed by atoms with Gasteiger partial charge < -0.3 is 10.4 Å². The van der Waals surface area contributed by atoms with E-state index in [0.717, 1.165) is 17.7 Å². The number of nitrogens with zero attached hydrogens (tertiary/aromatic N) is 3. The summed E-state index contributed by atoms with van der Waals surface area (Å²) in [5.74, 6) is -4.15. The minimum Gasteiger partial charge on any atom is -0.392 e. The number of hydrogen-bond donors (Lipinski definition) is 2. The molecule has 0 fully saturated rings. The zero-order chi connectivity index (χ0) is 20.4. The van der Waals surface area contributed by atoms with E-state index in [9.17, 15) is 23.1 Å². The summed E-state index contributed by atoms with van der Waals surface area (Å²) < 4.78 is 41.5. The first-order valence-electron chi connectivity index (χ1n) is 8.35. The van der Waals surface area contributed by atoms with Gasteiger partial charge in [0, 0.05) is 5.69 Å². The van der Waals surface area contributed by atoms with E-state index in [1.807, 2.05) is 6.92 Å². The second-order valence-corrected chi connectivity index (χ2v) is 6.29. The Morgan fingerprint density at radius 2 is 1.75 bits per heavy atom. The molecule has 0 aliphatic carbocycles. The molecule has 3 rings (SSSR count). The molecule has 0 bridgehead atoms. The maximum Gasteiger partial charge on any atom is 0.296 e. The number of rotatable bonds is 5. The van der Waals surface area contributed by atoms with Gasteiger partial charge in [0.05, 0.1) is 13.2 Å². The highest BCUT2D eigenvalue weighted by atomic mass is 19.2. The third kappa shape index (κ3) is 4.04. The monoisotopic (exact) mass is 390 g/mol. The van der Waals surface area contributed by atoms with Crippen molar-refractivity contribution in [1.29, 1.82) is 0 Å². The quantitative estimate of drug-likeness (QED) is 0.655. The Bertz CT molecular complexity index is 1080. The molecule has 1 heterocycles. The molecule has 0 saturated carbocycles. The van der Waals surface area contributed by atoms with Crippen molar-refractivity contribution in [2.75, 3.05) is 5.32 Å². The van der Waals surface area contributed by atoms with E-state index in [-0.39, 0.29) is 30.4 Å². The molecule has 0 unspecified atom stereocenters. The normalized spacial score (nSPS) is 10.9. The fourth-order valence-corrected chi connectivity index (χ4v) is 2.60. The Labute approximate surface area is 158 Å². The zero-order valence-electron chi connectivity index (χ0n) is 15.1. The van der Waals surface area contributed by atoms with E-state index in [2.05, 4.69) is 15.4 Å². The van der Waals surface area contributed by atoms with Crippen molar-refractivity contribution in [3.63, 3.8) is 0 Å². The maximum absolute atomic E-state index is 13.5. The van der Waals surface area contributed by atoms with Crippen molar-refractivity contribution in [2.45, 2.75) is 27.0 Å². The summed E-state index contributed by atoms with van der Waals surface area (Å²) in [5, 5.41) is 16.4. The van der Waals surface area contributed by atoms with E-state index < -0.39 is 23.0 Å². The molecule has 9 heteroatoms. The molecule has 3 aromatic rings. The van der Waals surface area contributed by atoms with E-state index in [4.69, 9.17) is 0 Å². The first-order chi connectivity index (χ1) is 13.3. The van der Waals surface area contributed by atoms with Crippen LogP contribution in [-0.2, 0) is 13.2 Å². The van der Waals surface area contributed by atoms with Gasteiger partial charge in [-0.1, -0.05) is 12.1 Å². The third-order valence-electron chi connectivity index (χ3n) is 4.14. The number of aliphatic hydroxyl groups is 1. The SMILES string of the molecule is Cc1ccc(CO)cc1Nc1nc(=O)c(C)nn1Cc1cc(F)c(F)c(F)c1. The Morgan fingerprint density at radius 1 is 1.07 bits per heavy atom. The zero-order valence-corrected chi connectivity index (χ0v) is 15.1. The molecule has 2 aromatic carbocycles. The van der Waals surface area contributed by atoms with Gasteiger partial charge in [-0.2, -0.15) is 10.1 Å². The molecule has 0 saturated heterocycles. The van der Waals surface area contributed by atoms with Crippen molar-refractivity contribution in [2.24, 2.45) is 0 Å². The lowest BCUT2D eigenvalue weighted by atomic mass is 10.1. The third-order valence-corrected chi connectivity index (χ3v) is 4.14. The summed E-state index contributed by atoms with van der Waals surface area (Å²) in [4.78, 5) is 15.9. The number of halogens is 3. The van der Waals surface area contributed by atoms with E-state index in [1.165, 1.54) is 11.6 Å². The summed E-state index contributed by atoms with van der Waals surface area (Å²) >= 11 is 0. The van der Waals surface area contributed by atoms with Crippen LogP contribution in [0.3, 0.4) is 0 Å². The average Bonchev–Trinajstić information content (AvgIpc) is 2.65. The van der Waals surface area contributed by atoms with Gasteiger partial charge in [0.1, 0.15) is 5.69 Å². The standard InChI is InChI=1S/C19H17F3N4O2/c1-10-3-4-12(9-27)7-16(10)23-19-24-18(28)11(2)25-26(19)8-13-5-14(20)17(22)15(21)6-13/h3-7,27H,8-9H2,1-2H3,(H,23,24,28). The Balaban J connectivity index is 2.03. The second kappa shape index (κ2) is 7.81. The lowest BCUT2D eigenvalue weighted by Crippen LogP contribution is -2.23. The van der Waals surface area contributed by atoms with Crippen LogP contribution in [-0.4, -0.2) is 19.9 Å². The molecule has 0 aliphatic heterocycles. The first-order valence-corrected chi connectivity index (χ1v) is 8.35. The van der Waals surface area contributed by atoms with Crippen LogP contribution in [0.5, 0.6) is 0 Å². The Hall–Kier alpha value is -3.20. The molecule has 0 aliphatic rings. The first kappa shape index (κ1) is 19.6. The number of benzene rings is 2. The van der Waals surface area contributed by atoms with Crippen LogP contribution >= 0.6 is 0 Å². The van der Waals surface area contributed by atoms with Crippen LogP contribution in [0.4, 0.5) is 24.8 Å². The molecule has 0 atom stereocenters. The van der Waals surface area contributed by atoms with Crippen molar-refractivity contribution >= 4 is 11.6 Å². The van der Waals surface area contributed by atoms with Crippen LogP contribution in [0.1, 0.15) is 22.4 Å². The molecular weight excluding hydrogens is 373 g/mol. The molecule has 6 nitrogen and oxygen atoms in total. The van der Waals surface area contributed by atoms with Gasteiger partial charge in [0.2, 0.25) is 5.95 Å². The summed E-state index contributed by atoms with van der Waals surface area (Å²) in [6.07, 6.45) is 0. The van der Waals surface area contributed by atoms with Crippen molar-refractivity contribution in [3.05, 3.63) is 80.5 Å². The fourth-order valence-electron chi connectivity index (χ4n) is 2.60. The molecule has 146 valence electrons. The predicted octanol–water partition coefficient (Wildman–Crippen LogP) is 2.96. The molecule has 0 radical (unpaired) electrons. The van der Waals surface area contributed by atoms with Gasteiger partial charge >= 0.3 is 0 Å². The number of aryl methyl sites for hydroxylation is 2. The van der Waals surface area contributed by atoms with Crippen LogP contribution in [0, 0.1) is 31.3 Å².